The second-order valence-electron chi connectivity index (χ2n) is 6.16. The summed E-state index contributed by atoms with van der Waals surface area (Å²) in [6.45, 7) is 2.08. The lowest BCUT2D eigenvalue weighted by atomic mass is 10.00. The molecule has 1 aliphatic heterocycles. The third kappa shape index (κ3) is 3.20. The number of hydrogen-bond donors (Lipinski definition) is 1. The maximum absolute atomic E-state index is 9.17. The van der Waals surface area contributed by atoms with Crippen LogP contribution in [0, 0.1) is 0 Å². The zero-order valence-corrected chi connectivity index (χ0v) is 12.1. The van der Waals surface area contributed by atoms with E-state index in [0.29, 0.717) is 12.0 Å². The minimum Gasteiger partial charge on any atom is -0.396 e. The van der Waals surface area contributed by atoms with Crippen molar-refractivity contribution in [1.82, 2.24) is 15.0 Å². The molecule has 112 valence electrons. The van der Waals surface area contributed by atoms with Crippen LogP contribution < -0.4 is 0 Å². The quantitative estimate of drug-likeness (QED) is 0.897. The van der Waals surface area contributed by atoms with Crippen molar-refractivity contribution < 1.29 is 9.63 Å². The first-order chi connectivity index (χ1) is 9.86. The van der Waals surface area contributed by atoms with Crippen LogP contribution in [0.5, 0.6) is 0 Å². The van der Waals surface area contributed by atoms with Crippen LogP contribution in [-0.4, -0.2) is 39.3 Å². The molecule has 0 spiro atoms. The molecule has 0 radical (unpaired) electrons. The molecule has 5 nitrogen and oxygen atoms in total. The van der Waals surface area contributed by atoms with Crippen LogP contribution in [0.25, 0.3) is 0 Å². The maximum atomic E-state index is 9.17. The molecular weight excluding hydrogens is 254 g/mol. The van der Waals surface area contributed by atoms with Crippen molar-refractivity contribution in [2.75, 3.05) is 13.2 Å². The predicted octanol–water partition coefficient (Wildman–Crippen LogP) is 2.46. The van der Waals surface area contributed by atoms with Crippen molar-refractivity contribution in [3.8, 4) is 0 Å². The Morgan fingerprint density at radius 1 is 1.15 bits per heavy atom. The minimum absolute atomic E-state index is 0.262. The highest BCUT2D eigenvalue weighted by atomic mass is 16.5. The Hall–Kier alpha value is -0.940. The Bertz CT molecular complexity index is 413. The smallest absolute Gasteiger partial charge is 0.240 e. The fourth-order valence-corrected chi connectivity index (χ4v) is 3.60. The summed E-state index contributed by atoms with van der Waals surface area (Å²) in [5, 5.41) is 13.3. The minimum atomic E-state index is 0.262. The van der Waals surface area contributed by atoms with Gasteiger partial charge in [-0.05, 0) is 38.6 Å². The van der Waals surface area contributed by atoms with Gasteiger partial charge in [-0.15, -0.1) is 0 Å². The number of aromatic nitrogens is 2. The summed E-state index contributed by atoms with van der Waals surface area (Å²) in [6.07, 6.45) is 9.50. The molecule has 1 atom stereocenters. The third-order valence-corrected chi connectivity index (χ3v) is 4.75. The highest BCUT2D eigenvalue weighted by Crippen LogP contribution is 2.32. The largest absolute Gasteiger partial charge is 0.396 e. The van der Waals surface area contributed by atoms with Gasteiger partial charge in [-0.1, -0.05) is 24.4 Å². The highest BCUT2D eigenvalue weighted by Gasteiger charge is 2.26. The van der Waals surface area contributed by atoms with Gasteiger partial charge in [0.2, 0.25) is 5.89 Å². The van der Waals surface area contributed by atoms with Gasteiger partial charge in [0.15, 0.2) is 5.82 Å². The fraction of sp³-hybridized carbons (Fsp3) is 0.867. The number of nitrogens with zero attached hydrogens (tertiary/aromatic N) is 3. The molecule has 20 heavy (non-hydrogen) atoms. The Balaban J connectivity index is 1.61. The van der Waals surface area contributed by atoms with E-state index in [1.165, 1.54) is 44.9 Å². The Kier molecular flexibility index (Phi) is 4.68. The van der Waals surface area contributed by atoms with E-state index in [4.69, 9.17) is 4.52 Å². The van der Waals surface area contributed by atoms with Crippen molar-refractivity contribution in [3.63, 3.8) is 0 Å². The first kappa shape index (κ1) is 14.0. The standard InChI is InChI=1S/C15H25N3O2/c19-10-8-13-7-3-4-9-18(13)11-14-16-15(17-20-14)12-5-1-2-6-12/h12-13,19H,1-11H2. The van der Waals surface area contributed by atoms with Crippen LogP contribution in [0.4, 0.5) is 0 Å². The molecule has 1 N–H and O–H groups in total. The molecule has 1 aromatic rings. The summed E-state index contributed by atoms with van der Waals surface area (Å²) < 4.78 is 5.44. The summed E-state index contributed by atoms with van der Waals surface area (Å²) in [5.41, 5.74) is 0. The van der Waals surface area contributed by atoms with Gasteiger partial charge in [0.05, 0.1) is 6.54 Å². The Morgan fingerprint density at radius 2 is 1.95 bits per heavy atom. The summed E-state index contributed by atoms with van der Waals surface area (Å²) in [6, 6.07) is 0.468. The molecule has 2 heterocycles. The molecule has 2 fully saturated rings. The molecular formula is C15H25N3O2. The van der Waals surface area contributed by atoms with E-state index in [1.54, 1.807) is 0 Å². The van der Waals surface area contributed by atoms with Crippen LogP contribution in [0.2, 0.25) is 0 Å². The lowest BCUT2D eigenvalue weighted by Crippen LogP contribution is -2.39. The monoisotopic (exact) mass is 279 g/mol. The van der Waals surface area contributed by atoms with Crippen molar-refractivity contribution in [2.45, 2.75) is 69.9 Å². The van der Waals surface area contributed by atoms with Crippen molar-refractivity contribution >= 4 is 0 Å². The Morgan fingerprint density at radius 3 is 2.75 bits per heavy atom. The molecule has 1 saturated heterocycles. The SMILES string of the molecule is OCCC1CCCCN1Cc1nc(C2CCCC2)no1. The molecule has 1 unspecified atom stereocenters. The van der Waals surface area contributed by atoms with Gasteiger partial charge >= 0.3 is 0 Å². The zero-order valence-electron chi connectivity index (χ0n) is 12.1. The maximum Gasteiger partial charge on any atom is 0.240 e. The molecule has 5 heteroatoms. The average molecular weight is 279 g/mol. The van der Waals surface area contributed by atoms with Gasteiger partial charge < -0.3 is 9.63 Å². The summed E-state index contributed by atoms with van der Waals surface area (Å²) in [7, 11) is 0. The van der Waals surface area contributed by atoms with Crippen LogP contribution in [0.15, 0.2) is 4.52 Å². The topological polar surface area (TPSA) is 62.4 Å². The average Bonchev–Trinajstić information content (AvgIpc) is 3.12. The third-order valence-electron chi connectivity index (χ3n) is 4.75. The van der Waals surface area contributed by atoms with Gasteiger partial charge in [0, 0.05) is 18.6 Å². The zero-order chi connectivity index (χ0) is 13.8. The normalized spacial score (nSPS) is 25.4. The van der Waals surface area contributed by atoms with Gasteiger partial charge in [0.1, 0.15) is 0 Å². The van der Waals surface area contributed by atoms with Gasteiger partial charge in [-0.3, -0.25) is 4.90 Å². The lowest BCUT2D eigenvalue weighted by Gasteiger charge is -2.34. The van der Waals surface area contributed by atoms with Crippen molar-refractivity contribution in [3.05, 3.63) is 11.7 Å². The van der Waals surface area contributed by atoms with Crippen LogP contribution in [0.3, 0.4) is 0 Å². The van der Waals surface area contributed by atoms with Crippen LogP contribution in [0.1, 0.15) is 69.0 Å². The van der Waals surface area contributed by atoms with Crippen molar-refractivity contribution in [2.24, 2.45) is 0 Å². The van der Waals surface area contributed by atoms with Gasteiger partial charge in [-0.25, -0.2) is 0 Å². The number of rotatable bonds is 5. The van der Waals surface area contributed by atoms with E-state index >= 15 is 0 Å². The van der Waals surface area contributed by atoms with Crippen LogP contribution >= 0.6 is 0 Å². The molecule has 2 aliphatic rings. The number of aliphatic hydroxyl groups excluding tert-OH is 1. The number of aliphatic hydroxyl groups is 1. The molecule has 1 aliphatic carbocycles. The molecule has 0 aromatic carbocycles. The molecule has 1 saturated carbocycles. The predicted molar refractivity (Wildman–Crippen MR) is 75.3 cm³/mol. The van der Waals surface area contributed by atoms with Crippen molar-refractivity contribution in [1.29, 1.82) is 0 Å². The second-order valence-corrected chi connectivity index (χ2v) is 6.16. The summed E-state index contributed by atoms with van der Waals surface area (Å²) >= 11 is 0. The molecule has 1 aromatic heterocycles. The first-order valence-electron chi connectivity index (χ1n) is 8.04. The fourth-order valence-electron chi connectivity index (χ4n) is 3.60. The first-order valence-corrected chi connectivity index (χ1v) is 8.04. The number of piperidine rings is 1. The van der Waals surface area contributed by atoms with E-state index in [2.05, 4.69) is 15.0 Å². The van der Waals surface area contributed by atoms with Gasteiger partial charge in [0.25, 0.3) is 0 Å². The molecule has 0 amide bonds. The number of likely N-dealkylation sites (tertiary alicyclic amines) is 1. The number of hydrogen-bond acceptors (Lipinski definition) is 5. The Labute approximate surface area is 120 Å². The van der Waals surface area contributed by atoms with Gasteiger partial charge in [-0.2, -0.15) is 4.98 Å². The summed E-state index contributed by atoms with van der Waals surface area (Å²) in [4.78, 5) is 6.99. The van der Waals surface area contributed by atoms with E-state index in [-0.39, 0.29) is 6.61 Å². The van der Waals surface area contributed by atoms with E-state index < -0.39 is 0 Å². The van der Waals surface area contributed by atoms with Crippen LogP contribution in [-0.2, 0) is 6.54 Å². The highest BCUT2D eigenvalue weighted by molar-refractivity contribution is 4.98. The van der Waals surface area contributed by atoms with E-state index in [1.807, 2.05) is 0 Å². The molecule has 0 bridgehead atoms. The summed E-state index contributed by atoms with van der Waals surface area (Å²) in [5.74, 6) is 2.17. The van der Waals surface area contributed by atoms with E-state index in [9.17, 15) is 5.11 Å². The molecule has 3 rings (SSSR count). The van der Waals surface area contributed by atoms with E-state index in [0.717, 1.165) is 31.2 Å². The lowest BCUT2D eigenvalue weighted by molar-refractivity contribution is 0.100. The second kappa shape index (κ2) is 6.68.